The van der Waals surface area contributed by atoms with Gasteiger partial charge in [0.25, 0.3) is 0 Å². The number of anilines is 1. The zero-order valence-electron chi connectivity index (χ0n) is 14.8. The average Bonchev–Trinajstić information content (AvgIpc) is 3.27. The van der Waals surface area contributed by atoms with E-state index in [1.807, 2.05) is 23.0 Å². The zero-order chi connectivity index (χ0) is 18.1. The highest BCUT2D eigenvalue weighted by atomic mass is 32.1. The van der Waals surface area contributed by atoms with E-state index >= 15 is 0 Å². The largest absolute Gasteiger partial charge is 0.363 e. The summed E-state index contributed by atoms with van der Waals surface area (Å²) in [5.41, 5.74) is 2.72. The Hall–Kier alpha value is -2.87. The predicted octanol–water partition coefficient (Wildman–Crippen LogP) is 3.71. The van der Waals surface area contributed by atoms with Gasteiger partial charge in [-0.3, -0.25) is 4.98 Å². The van der Waals surface area contributed by atoms with Crippen LogP contribution < -0.4 is 5.32 Å². The van der Waals surface area contributed by atoms with Gasteiger partial charge in [0.15, 0.2) is 5.65 Å². The maximum Gasteiger partial charge on any atom is 0.163 e. The summed E-state index contributed by atoms with van der Waals surface area (Å²) in [6, 6.07) is 3.92. The molecular formula is C18H19N7S. The molecule has 0 saturated carbocycles. The number of pyridine rings is 1. The molecule has 0 aliphatic rings. The standard InChI is InChI=1S/C18H19N7S/c1-18(2,3)25-17-13(8-23-25)16(21-11-22-17)20-9-15-24-14(10-26-15)12-4-6-19-7-5-12/h4-8,10-11H,9H2,1-3H3,(H,20,21,22). The van der Waals surface area contributed by atoms with Crippen molar-refractivity contribution in [1.29, 1.82) is 0 Å². The summed E-state index contributed by atoms with van der Waals surface area (Å²) in [6.07, 6.45) is 6.93. The molecule has 0 aliphatic carbocycles. The molecule has 0 fully saturated rings. The molecule has 1 N–H and O–H groups in total. The molecule has 4 rings (SSSR count). The van der Waals surface area contributed by atoms with Crippen molar-refractivity contribution in [1.82, 2.24) is 29.7 Å². The molecule has 8 heteroatoms. The van der Waals surface area contributed by atoms with Crippen molar-refractivity contribution in [3.05, 3.63) is 47.4 Å². The Balaban J connectivity index is 1.56. The smallest absolute Gasteiger partial charge is 0.163 e. The summed E-state index contributed by atoms with van der Waals surface area (Å²) >= 11 is 1.62. The number of rotatable bonds is 4. The molecule has 132 valence electrons. The summed E-state index contributed by atoms with van der Waals surface area (Å²) in [5.74, 6) is 0.770. The van der Waals surface area contributed by atoms with Crippen LogP contribution in [0.1, 0.15) is 25.8 Å². The summed E-state index contributed by atoms with van der Waals surface area (Å²) in [4.78, 5) is 17.5. The topological polar surface area (TPSA) is 81.4 Å². The fourth-order valence-electron chi connectivity index (χ4n) is 2.68. The molecule has 4 aromatic rings. The van der Waals surface area contributed by atoms with Crippen molar-refractivity contribution in [3.8, 4) is 11.3 Å². The maximum absolute atomic E-state index is 4.68. The Morgan fingerprint density at radius 2 is 1.96 bits per heavy atom. The third kappa shape index (κ3) is 3.15. The first-order chi connectivity index (χ1) is 12.5. The van der Waals surface area contributed by atoms with E-state index < -0.39 is 0 Å². The molecule has 26 heavy (non-hydrogen) atoms. The summed E-state index contributed by atoms with van der Waals surface area (Å²) in [5, 5.41) is 11.8. The number of nitrogens with zero attached hydrogens (tertiary/aromatic N) is 6. The van der Waals surface area contributed by atoms with Gasteiger partial charge < -0.3 is 5.32 Å². The van der Waals surface area contributed by atoms with Gasteiger partial charge in [0, 0.05) is 23.3 Å². The second-order valence-electron chi connectivity index (χ2n) is 6.90. The SMILES string of the molecule is CC(C)(C)n1ncc2c(NCc3nc(-c4ccncc4)cs3)ncnc21. The van der Waals surface area contributed by atoms with E-state index in [0.717, 1.165) is 33.1 Å². The highest BCUT2D eigenvalue weighted by Gasteiger charge is 2.19. The number of fused-ring (bicyclic) bond motifs is 1. The van der Waals surface area contributed by atoms with Crippen LogP contribution in [0.5, 0.6) is 0 Å². The van der Waals surface area contributed by atoms with Gasteiger partial charge in [0.1, 0.15) is 17.2 Å². The predicted molar refractivity (Wildman–Crippen MR) is 103 cm³/mol. The molecule has 4 aromatic heterocycles. The van der Waals surface area contributed by atoms with Gasteiger partial charge in [-0.05, 0) is 32.9 Å². The lowest BCUT2D eigenvalue weighted by Crippen LogP contribution is -2.23. The Bertz CT molecular complexity index is 1030. The number of hydrogen-bond donors (Lipinski definition) is 1. The molecule has 0 spiro atoms. The summed E-state index contributed by atoms with van der Waals surface area (Å²) in [6.45, 7) is 6.91. The molecule has 0 radical (unpaired) electrons. The lowest BCUT2D eigenvalue weighted by atomic mass is 10.1. The van der Waals surface area contributed by atoms with Crippen molar-refractivity contribution in [2.75, 3.05) is 5.32 Å². The van der Waals surface area contributed by atoms with E-state index in [1.54, 1.807) is 30.1 Å². The Morgan fingerprint density at radius 1 is 1.15 bits per heavy atom. The molecule has 0 bridgehead atoms. The quantitative estimate of drug-likeness (QED) is 0.594. The van der Waals surface area contributed by atoms with E-state index in [1.165, 1.54) is 0 Å². The number of aromatic nitrogens is 6. The van der Waals surface area contributed by atoms with Crippen LogP contribution in [-0.2, 0) is 12.1 Å². The van der Waals surface area contributed by atoms with Gasteiger partial charge >= 0.3 is 0 Å². The van der Waals surface area contributed by atoms with E-state index in [4.69, 9.17) is 0 Å². The van der Waals surface area contributed by atoms with Crippen molar-refractivity contribution in [2.45, 2.75) is 32.9 Å². The van der Waals surface area contributed by atoms with Crippen LogP contribution in [0, 0.1) is 0 Å². The van der Waals surface area contributed by atoms with Gasteiger partial charge in [0.05, 0.1) is 29.4 Å². The average molecular weight is 365 g/mol. The van der Waals surface area contributed by atoms with E-state index in [0.29, 0.717) is 6.54 Å². The summed E-state index contributed by atoms with van der Waals surface area (Å²) < 4.78 is 1.92. The number of thiazole rings is 1. The van der Waals surface area contributed by atoms with Crippen LogP contribution in [0.15, 0.2) is 42.4 Å². The van der Waals surface area contributed by atoms with Gasteiger partial charge in [-0.1, -0.05) is 0 Å². The minimum atomic E-state index is -0.137. The van der Waals surface area contributed by atoms with E-state index in [-0.39, 0.29) is 5.54 Å². The van der Waals surface area contributed by atoms with Crippen LogP contribution in [-0.4, -0.2) is 29.7 Å². The third-order valence-corrected chi connectivity index (χ3v) is 4.78. The van der Waals surface area contributed by atoms with Crippen LogP contribution in [0.2, 0.25) is 0 Å². The van der Waals surface area contributed by atoms with Crippen LogP contribution >= 0.6 is 11.3 Å². The van der Waals surface area contributed by atoms with E-state index in [9.17, 15) is 0 Å². The van der Waals surface area contributed by atoms with Crippen LogP contribution in [0.25, 0.3) is 22.3 Å². The Morgan fingerprint density at radius 3 is 2.73 bits per heavy atom. The first-order valence-corrected chi connectivity index (χ1v) is 9.18. The van der Waals surface area contributed by atoms with Crippen LogP contribution in [0.3, 0.4) is 0 Å². The molecule has 0 aliphatic heterocycles. The molecule has 0 atom stereocenters. The molecule has 7 nitrogen and oxygen atoms in total. The molecule has 4 heterocycles. The lowest BCUT2D eigenvalue weighted by Gasteiger charge is -2.19. The minimum Gasteiger partial charge on any atom is -0.363 e. The van der Waals surface area contributed by atoms with Gasteiger partial charge in [-0.15, -0.1) is 11.3 Å². The maximum atomic E-state index is 4.68. The summed E-state index contributed by atoms with van der Waals surface area (Å²) in [7, 11) is 0. The molecule has 0 saturated heterocycles. The first-order valence-electron chi connectivity index (χ1n) is 8.30. The Labute approximate surface area is 155 Å². The van der Waals surface area contributed by atoms with Crippen LogP contribution in [0.4, 0.5) is 5.82 Å². The van der Waals surface area contributed by atoms with Crippen molar-refractivity contribution < 1.29 is 0 Å². The van der Waals surface area contributed by atoms with Crippen molar-refractivity contribution in [2.24, 2.45) is 0 Å². The van der Waals surface area contributed by atoms with Crippen molar-refractivity contribution in [3.63, 3.8) is 0 Å². The highest BCUT2D eigenvalue weighted by Crippen LogP contribution is 2.25. The highest BCUT2D eigenvalue weighted by molar-refractivity contribution is 7.09. The monoisotopic (exact) mass is 365 g/mol. The number of nitrogens with one attached hydrogen (secondary N) is 1. The van der Waals surface area contributed by atoms with Gasteiger partial charge in [0.2, 0.25) is 0 Å². The normalized spacial score (nSPS) is 11.8. The van der Waals surface area contributed by atoms with E-state index in [2.05, 4.69) is 56.5 Å². The third-order valence-electron chi connectivity index (χ3n) is 3.94. The fraction of sp³-hybridized carbons (Fsp3) is 0.278. The Kier molecular flexibility index (Phi) is 4.12. The second-order valence-corrected chi connectivity index (χ2v) is 7.85. The zero-order valence-corrected chi connectivity index (χ0v) is 15.7. The fourth-order valence-corrected chi connectivity index (χ4v) is 3.43. The molecule has 0 aromatic carbocycles. The van der Waals surface area contributed by atoms with Crippen molar-refractivity contribution >= 4 is 28.2 Å². The lowest BCUT2D eigenvalue weighted by molar-refractivity contribution is 0.366. The molecule has 0 amide bonds. The molecule has 0 unspecified atom stereocenters. The molecular weight excluding hydrogens is 346 g/mol. The first kappa shape index (κ1) is 16.6. The minimum absolute atomic E-state index is 0.137. The van der Waals surface area contributed by atoms with Gasteiger partial charge in [-0.25, -0.2) is 19.6 Å². The second kappa shape index (κ2) is 6.45. The van der Waals surface area contributed by atoms with Gasteiger partial charge in [-0.2, -0.15) is 5.10 Å². The number of hydrogen-bond acceptors (Lipinski definition) is 7.